The standard InChI is InChI=1S/C23H28N4O6S/c1-17-4-6-18(7-5-17)16-21-25-26-23(33-21)24-22(28)19-8-10-20(11-9-19)34(29,30)27(12-14-31-2)13-15-32-3/h4-11H,12-16H2,1-3H3,(H,24,26,28). The van der Waals surface area contributed by atoms with E-state index in [4.69, 9.17) is 13.9 Å². The summed E-state index contributed by atoms with van der Waals surface area (Å²) in [5.41, 5.74) is 2.41. The number of methoxy groups -OCH3 is 2. The van der Waals surface area contributed by atoms with Crippen LogP contribution in [0.25, 0.3) is 0 Å². The van der Waals surface area contributed by atoms with E-state index in [2.05, 4.69) is 15.5 Å². The Morgan fingerprint density at radius 1 is 0.971 bits per heavy atom. The maximum Gasteiger partial charge on any atom is 0.322 e. The molecule has 0 aliphatic rings. The van der Waals surface area contributed by atoms with Crippen molar-refractivity contribution in [2.24, 2.45) is 0 Å². The van der Waals surface area contributed by atoms with Crippen molar-refractivity contribution in [3.8, 4) is 0 Å². The van der Waals surface area contributed by atoms with Crippen molar-refractivity contribution in [1.29, 1.82) is 0 Å². The lowest BCUT2D eigenvalue weighted by molar-refractivity contribution is 0.102. The summed E-state index contributed by atoms with van der Waals surface area (Å²) in [7, 11) is -0.769. The van der Waals surface area contributed by atoms with E-state index in [0.717, 1.165) is 11.1 Å². The zero-order valence-electron chi connectivity index (χ0n) is 19.4. The zero-order valence-corrected chi connectivity index (χ0v) is 20.2. The van der Waals surface area contributed by atoms with Gasteiger partial charge in [-0.15, -0.1) is 5.10 Å². The van der Waals surface area contributed by atoms with E-state index < -0.39 is 15.9 Å². The van der Waals surface area contributed by atoms with Crippen LogP contribution in [0.15, 0.2) is 57.8 Å². The molecule has 1 heterocycles. The topological polar surface area (TPSA) is 124 Å². The quantitative estimate of drug-likeness (QED) is 0.412. The van der Waals surface area contributed by atoms with Gasteiger partial charge in [-0.2, -0.15) is 4.31 Å². The molecule has 1 N–H and O–H groups in total. The SMILES string of the molecule is COCCN(CCOC)S(=O)(=O)c1ccc(C(=O)Nc2nnc(Cc3ccc(C)cc3)o2)cc1. The van der Waals surface area contributed by atoms with Crippen molar-refractivity contribution in [3.05, 3.63) is 71.1 Å². The molecule has 0 aliphatic carbocycles. The molecule has 3 aromatic rings. The first-order valence-corrected chi connectivity index (χ1v) is 12.0. The van der Waals surface area contributed by atoms with Gasteiger partial charge in [0.1, 0.15) is 0 Å². The number of carbonyl (C=O) groups is 1. The molecule has 1 aromatic heterocycles. The molecule has 0 bridgehead atoms. The predicted octanol–water partition coefficient (Wildman–Crippen LogP) is 2.50. The maximum atomic E-state index is 13.0. The highest BCUT2D eigenvalue weighted by Crippen LogP contribution is 2.18. The lowest BCUT2D eigenvalue weighted by Gasteiger charge is -2.21. The lowest BCUT2D eigenvalue weighted by Crippen LogP contribution is -2.36. The van der Waals surface area contributed by atoms with E-state index in [9.17, 15) is 13.2 Å². The van der Waals surface area contributed by atoms with Gasteiger partial charge >= 0.3 is 6.01 Å². The normalized spacial score (nSPS) is 11.6. The summed E-state index contributed by atoms with van der Waals surface area (Å²) in [6.07, 6.45) is 0.443. The van der Waals surface area contributed by atoms with Crippen molar-refractivity contribution in [3.63, 3.8) is 0 Å². The fourth-order valence-electron chi connectivity index (χ4n) is 3.09. The summed E-state index contributed by atoms with van der Waals surface area (Å²) in [6, 6.07) is 13.5. The average molecular weight is 489 g/mol. The van der Waals surface area contributed by atoms with Crippen LogP contribution in [0.3, 0.4) is 0 Å². The number of nitrogens with zero attached hydrogens (tertiary/aromatic N) is 3. The summed E-state index contributed by atoms with van der Waals surface area (Å²) >= 11 is 0. The first kappa shape index (κ1) is 25.5. The van der Waals surface area contributed by atoms with Crippen LogP contribution in [0.2, 0.25) is 0 Å². The van der Waals surface area contributed by atoms with Crippen LogP contribution in [-0.2, 0) is 25.9 Å². The minimum Gasteiger partial charge on any atom is -0.407 e. The minimum absolute atomic E-state index is 0.0332. The molecule has 0 radical (unpaired) electrons. The van der Waals surface area contributed by atoms with Gasteiger partial charge < -0.3 is 13.9 Å². The van der Waals surface area contributed by atoms with Crippen LogP contribution in [-0.4, -0.2) is 69.4 Å². The van der Waals surface area contributed by atoms with E-state index in [1.54, 1.807) is 0 Å². The number of hydrogen-bond acceptors (Lipinski definition) is 8. The fourth-order valence-corrected chi connectivity index (χ4v) is 4.50. The Labute approximate surface area is 198 Å². The number of rotatable bonds is 12. The molecule has 34 heavy (non-hydrogen) atoms. The number of ether oxygens (including phenoxy) is 2. The van der Waals surface area contributed by atoms with Gasteiger partial charge in [0.15, 0.2) is 0 Å². The third-order valence-electron chi connectivity index (χ3n) is 5.01. The van der Waals surface area contributed by atoms with Gasteiger partial charge in [-0.25, -0.2) is 8.42 Å². The Kier molecular flexibility index (Phi) is 8.88. The third kappa shape index (κ3) is 6.70. The second-order valence-electron chi connectivity index (χ2n) is 7.53. The molecule has 0 saturated heterocycles. The fraction of sp³-hybridized carbons (Fsp3) is 0.348. The maximum absolute atomic E-state index is 13.0. The predicted molar refractivity (Wildman–Crippen MR) is 125 cm³/mol. The van der Waals surface area contributed by atoms with Gasteiger partial charge in [0, 0.05) is 32.9 Å². The van der Waals surface area contributed by atoms with Crippen molar-refractivity contribution in [2.75, 3.05) is 45.8 Å². The second kappa shape index (κ2) is 11.8. The molecule has 3 rings (SSSR count). The van der Waals surface area contributed by atoms with Gasteiger partial charge in [-0.05, 0) is 36.8 Å². The molecule has 0 saturated carbocycles. The number of amides is 1. The number of aromatic nitrogens is 2. The molecule has 10 nitrogen and oxygen atoms in total. The average Bonchev–Trinajstić information content (AvgIpc) is 3.27. The number of benzene rings is 2. The summed E-state index contributed by atoms with van der Waals surface area (Å²) in [4.78, 5) is 12.6. The van der Waals surface area contributed by atoms with E-state index >= 15 is 0 Å². The molecular formula is C23H28N4O6S. The molecule has 0 unspecified atom stereocenters. The van der Waals surface area contributed by atoms with Crippen LogP contribution < -0.4 is 5.32 Å². The Bertz CT molecular complexity index is 1170. The summed E-state index contributed by atoms with van der Waals surface area (Å²) in [5, 5.41) is 10.4. The Morgan fingerprint density at radius 2 is 1.59 bits per heavy atom. The molecule has 0 spiro atoms. The van der Waals surface area contributed by atoms with Gasteiger partial charge in [-0.1, -0.05) is 34.9 Å². The van der Waals surface area contributed by atoms with Gasteiger partial charge in [0.05, 0.1) is 24.5 Å². The monoisotopic (exact) mass is 488 g/mol. The van der Waals surface area contributed by atoms with Crippen LogP contribution in [0.5, 0.6) is 0 Å². The molecule has 0 fully saturated rings. The summed E-state index contributed by atoms with van der Waals surface area (Å²) < 4.78 is 42.8. The first-order valence-electron chi connectivity index (χ1n) is 10.6. The van der Waals surface area contributed by atoms with Crippen molar-refractivity contribution < 1.29 is 27.1 Å². The van der Waals surface area contributed by atoms with Crippen LogP contribution >= 0.6 is 0 Å². The van der Waals surface area contributed by atoms with Gasteiger partial charge in [0.2, 0.25) is 15.9 Å². The highest BCUT2D eigenvalue weighted by Gasteiger charge is 2.24. The largest absolute Gasteiger partial charge is 0.407 e. The Hall–Kier alpha value is -3.12. The lowest BCUT2D eigenvalue weighted by atomic mass is 10.1. The van der Waals surface area contributed by atoms with Gasteiger partial charge in [0.25, 0.3) is 5.91 Å². The Morgan fingerprint density at radius 3 is 2.18 bits per heavy atom. The number of hydrogen-bond donors (Lipinski definition) is 1. The van der Waals surface area contributed by atoms with Crippen LogP contribution in [0.4, 0.5) is 6.01 Å². The minimum atomic E-state index is -3.78. The Balaban J connectivity index is 1.65. The number of carbonyl (C=O) groups excluding carboxylic acids is 1. The molecule has 11 heteroatoms. The van der Waals surface area contributed by atoms with Crippen molar-refractivity contribution in [1.82, 2.24) is 14.5 Å². The van der Waals surface area contributed by atoms with E-state index in [-0.39, 0.29) is 42.8 Å². The summed E-state index contributed by atoms with van der Waals surface area (Å²) in [5.74, 6) is -0.127. The highest BCUT2D eigenvalue weighted by molar-refractivity contribution is 7.89. The number of sulfonamides is 1. The number of nitrogens with one attached hydrogen (secondary N) is 1. The molecule has 0 atom stereocenters. The highest BCUT2D eigenvalue weighted by atomic mass is 32.2. The zero-order chi connectivity index (χ0) is 24.6. The molecule has 2 aromatic carbocycles. The van der Waals surface area contributed by atoms with E-state index in [1.165, 1.54) is 42.8 Å². The second-order valence-corrected chi connectivity index (χ2v) is 9.47. The van der Waals surface area contributed by atoms with E-state index in [0.29, 0.717) is 12.3 Å². The van der Waals surface area contributed by atoms with Crippen molar-refractivity contribution in [2.45, 2.75) is 18.2 Å². The molecule has 1 amide bonds. The third-order valence-corrected chi connectivity index (χ3v) is 6.92. The molecule has 182 valence electrons. The smallest absolute Gasteiger partial charge is 0.322 e. The van der Waals surface area contributed by atoms with Crippen molar-refractivity contribution >= 4 is 21.9 Å². The van der Waals surface area contributed by atoms with E-state index in [1.807, 2.05) is 31.2 Å². The van der Waals surface area contributed by atoms with Gasteiger partial charge in [-0.3, -0.25) is 10.1 Å². The molecular weight excluding hydrogens is 460 g/mol. The molecule has 0 aliphatic heterocycles. The first-order chi connectivity index (χ1) is 16.3. The number of anilines is 1. The van der Waals surface area contributed by atoms with Crippen LogP contribution in [0.1, 0.15) is 27.4 Å². The summed E-state index contributed by atoms with van der Waals surface area (Å²) in [6.45, 7) is 2.88. The van der Waals surface area contributed by atoms with Crippen LogP contribution in [0, 0.1) is 6.92 Å². The number of aryl methyl sites for hydroxylation is 1.